The Morgan fingerprint density at radius 2 is 1.74 bits per heavy atom. The zero-order chi connectivity index (χ0) is 19.4. The minimum absolute atomic E-state index is 0.0189. The smallest absolute Gasteiger partial charge is 0.255 e. The maximum atomic E-state index is 13.0. The third kappa shape index (κ3) is 3.42. The second-order valence-electron chi connectivity index (χ2n) is 9.29. The van der Waals surface area contributed by atoms with Crippen LogP contribution in [-0.2, 0) is 20.9 Å². The zero-order valence-electron chi connectivity index (χ0n) is 16.5. The topological polar surface area (TPSA) is 59.1 Å². The molecule has 4 rings (SSSR count). The second-order valence-corrected chi connectivity index (χ2v) is 11.8. The Labute approximate surface area is 166 Å². The Morgan fingerprint density at radius 1 is 1.07 bits per heavy atom. The van der Waals surface area contributed by atoms with E-state index in [1.54, 1.807) is 6.07 Å². The highest BCUT2D eigenvalue weighted by atomic mass is 32.2. The molecule has 0 aliphatic heterocycles. The first-order valence-corrected chi connectivity index (χ1v) is 12.1. The van der Waals surface area contributed by atoms with Crippen LogP contribution in [0.2, 0.25) is 0 Å². The molecule has 1 aromatic carbocycles. The van der Waals surface area contributed by atoms with Crippen LogP contribution in [0, 0.1) is 0 Å². The number of rotatable bonds is 4. The van der Waals surface area contributed by atoms with Crippen molar-refractivity contribution in [3.8, 4) is 0 Å². The van der Waals surface area contributed by atoms with Crippen LogP contribution in [0.5, 0.6) is 0 Å². The molecular formula is C21H28N2O2S2. The summed E-state index contributed by atoms with van der Waals surface area (Å²) in [4.78, 5) is 4.84. The molecular weight excluding hydrogens is 376 g/mol. The number of nitrogens with one attached hydrogen (secondary N) is 1. The molecule has 0 saturated heterocycles. The van der Waals surface area contributed by atoms with Crippen molar-refractivity contribution < 1.29 is 8.42 Å². The van der Waals surface area contributed by atoms with E-state index in [9.17, 15) is 8.42 Å². The second kappa shape index (κ2) is 6.31. The van der Waals surface area contributed by atoms with Crippen molar-refractivity contribution in [1.82, 2.24) is 4.98 Å². The standard InChI is InChI=1S/C21H28N2O2S2/c1-20(2)10-11-21(3,4)17-12-15(8-9-16(17)20)27(24,25)23-19-22-18(13-26-19)14-6-5-7-14/h8-9,12-14H,5-7,10-11H2,1-4H3,(H,22,23). The average Bonchev–Trinajstić information content (AvgIpc) is 2.97. The van der Waals surface area contributed by atoms with Crippen molar-refractivity contribution in [2.75, 3.05) is 4.72 Å². The van der Waals surface area contributed by atoms with Gasteiger partial charge in [0.1, 0.15) is 0 Å². The van der Waals surface area contributed by atoms with Gasteiger partial charge in [-0.05, 0) is 59.8 Å². The van der Waals surface area contributed by atoms with Crippen LogP contribution in [0.4, 0.5) is 5.13 Å². The van der Waals surface area contributed by atoms with Crippen LogP contribution < -0.4 is 4.72 Å². The highest BCUT2D eigenvalue weighted by Crippen LogP contribution is 2.46. The summed E-state index contributed by atoms with van der Waals surface area (Å²) < 4.78 is 28.6. The maximum absolute atomic E-state index is 13.0. The molecule has 27 heavy (non-hydrogen) atoms. The molecule has 2 aliphatic carbocycles. The third-order valence-electron chi connectivity index (χ3n) is 6.40. The molecule has 1 fully saturated rings. The predicted octanol–water partition coefficient (Wildman–Crippen LogP) is 5.56. The van der Waals surface area contributed by atoms with Gasteiger partial charge in [-0.3, -0.25) is 4.72 Å². The molecule has 0 amide bonds. The van der Waals surface area contributed by atoms with E-state index in [1.807, 2.05) is 17.5 Å². The number of anilines is 1. The summed E-state index contributed by atoms with van der Waals surface area (Å²) >= 11 is 1.38. The van der Waals surface area contributed by atoms with E-state index < -0.39 is 10.0 Å². The lowest BCUT2D eigenvalue weighted by Gasteiger charge is -2.42. The molecule has 1 heterocycles. The summed E-state index contributed by atoms with van der Waals surface area (Å²) in [5.74, 6) is 0.506. The van der Waals surface area contributed by atoms with Gasteiger partial charge in [-0.2, -0.15) is 0 Å². The number of hydrogen-bond donors (Lipinski definition) is 1. The molecule has 1 N–H and O–H groups in total. The van der Waals surface area contributed by atoms with E-state index in [-0.39, 0.29) is 10.8 Å². The van der Waals surface area contributed by atoms with E-state index in [4.69, 9.17) is 0 Å². The Bertz CT molecular complexity index is 970. The van der Waals surface area contributed by atoms with Crippen molar-refractivity contribution >= 4 is 26.5 Å². The Balaban J connectivity index is 1.65. The van der Waals surface area contributed by atoms with Gasteiger partial charge in [-0.25, -0.2) is 13.4 Å². The zero-order valence-corrected chi connectivity index (χ0v) is 18.1. The molecule has 4 nitrogen and oxygen atoms in total. The molecule has 0 bridgehead atoms. The molecule has 0 spiro atoms. The first-order chi connectivity index (χ1) is 12.6. The minimum atomic E-state index is -3.64. The summed E-state index contributed by atoms with van der Waals surface area (Å²) in [7, 11) is -3.64. The highest BCUT2D eigenvalue weighted by Gasteiger charge is 2.37. The van der Waals surface area contributed by atoms with Crippen LogP contribution in [0.3, 0.4) is 0 Å². The van der Waals surface area contributed by atoms with Gasteiger partial charge >= 0.3 is 0 Å². The largest absolute Gasteiger partial charge is 0.263 e. The molecule has 6 heteroatoms. The third-order valence-corrected chi connectivity index (χ3v) is 8.64. The number of aromatic nitrogens is 1. The SMILES string of the molecule is CC1(C)CCC(C)(C)c2cc(S(=O)(=O)Nc3nc(C4CCC4)cs3)ccc21. The highest BCUT2D eigenvalue weighted by molar-refractivity contribution is 7.93. The van der Waals surface area contributed by atoms with E-state index in [2.05, 4.69) is 37.4 Å². The average molecular weight is 405 g/mol. The number of nitrogens with zero attached hydrogens (tertiary/aromatic N) is 1. The van der Waals surface area contributed by atoms with Gasteiger partial charge in [0.25, 0.3) is 10.0 Å². The Morgan fingerprint density at radius 3 is 2.37 bits per heavy atom. The molecule has 1 saturated carbocycles. The summed E-state index contributed by atoms with van der Waals surface area (Å²) in [6.07, 6.45) is 5.73. The lowest BCUT2D eigenvalue weighted by molar-refractivity contribution is 0.331. The fourth-order valence-electron chi connectivity index (χ4n) is 4.13. The van der Waals surface area contributed by atoms with E-state index >= 15 is 0 Å². The van der Waals surface area contributed by atoms with Crippen LogP contribution in [0.1, 0.15) is 82.5 Å². The summed E-state index contributed by atoms with van der Waals surface area (Å²) in [5.41, 5.74) is 3.50. The van der Waals surface area contributed by atoms with Crippen molar-refractivity contribution in [3.05, 3.63) is 40.4 Å². The minimum Gasteiger partial charge on any atom is -0.255 e. The summed E-state index contributed by atoms with van der Waals surface area (Å²) in [6.45, 7) is 8.89. The Hall–Kier alpha value is -1.40. The van der Waals surface area contributed by atoms with Gasteiger partial charge in [-0.15, -0.1) is 11.3 Å². The fourth-order valence-corrected chi connectivity index (χ4v) is 6.20. The molecule has 2 aromatic rings. The van der Waals surface area contributed by atoms with Crippen LogP contribution >= 0.6 is 11.3 Å². The van der Waals surface area contributed by atoms with Crippen molar-refractivity contribution in [3.63, 3.8) is 0 Å². The van der Waals surface area contributed by atoms with E-state index in [1.165, 1.54) is 23.3 Å². The first kappa shape index (κ1) is 18.9. The van der Waals surface area contributed by atoms with E-state index in [0.29, 0.717) is 15.9 Å². The lowest BCUT2D eigenvalue weighted by Crippen LogP contribution is -2.34. The van der Waals surface area contributed by atoms with Crippen LogP contribution in [0.25, 0.3) is 0 Å². The van der Waals surface area contributed by atoms with Crippen LogP contribution in [0.15, 0.2) is 28.5 Å². The number of benzene rings is 1. The predicted molar refractivity (Wildman–Crippen MR) is 111 cm³/mol. The molecule has 1 aromatic heterocycles. The van der Waals surface area contributed by atoms with Gasteiger partial charge in [0.2, 0.25) is 0 Å². The molecule has 0 unspecified atom stereocenters. The number of hydrogen-bond acceptors (Lipinski definition) is 4. The Kier molecular flexibility index (Phi) is 4.43. The van der Waals surface area contributed by atoms with Gasteiger partial charge < -0.3 is 0 Å². The maximum Gasteiger partial charge on any atom is 0.263 e. The molecule has 0 radical (unpaired) electrons. The fraction of sp³-hybridized carbons (Fsp3) is 0.571. The monoisotopic (exact) mass is 404 g/mol. The number of sulfonamides is 1. The van der Waals surface area contributed by atoms with E-state index in [0.717, 1.165) is 36.9 Å². The van der Waals surface area contributed by atoms with Crippen molar-refractivity contribution in [2.45, 2.75) is 81.4 Å². The lowest BCUT2D eigenvalue weighted by atomic mass is 9.63. The number of thiazole rings is 1. The molecule has 0 atom stereocenters. The molecule has 2 aliphatic rings. The van der Waals surface area contributed by atoms with Gasteiger partial charge in [0, 0.05) is 11.3 Å². The van der Waals surface area contributed by atoms with Gasteiger partial charge in [0.05, 0.1) is 10.6 Å². The van der Waals surface area contributed by atoms with Gasteiger partial charge in [-0.1, -0.05) is 40.2 Å². The van der Waals surface area contributed by atoms with Crippen molar-refractivity contribution in [2.24, 2.45) is 0 Å². The van der Waals surface area contributed by atoms with Gasteiger partial charge in [0.15, 0.2) is 5.13 Å². The number of fused-ring (bicyclic) bond motifs is 1. The molecule has 146 valence electrons. The van der Waals surface area contributed by atoms with Crippen LogP contribution in [-0.4, -0.2) is 13.4 Å². The summed E-state index contributed by atoms with van der Waals surface area (Å²) in [6, 6.07) is 5.62. The first-order valence-electron chi connectivity index (χ1n) is 9.72. The summed E-state index contributed by atoms with van der Waals surface area (Å²) in [5, 5.41) is 2.45. The normalized spacial score (nSPS) is 21.3. The quantitative estimate of drug-likeness (QED) is 0.726. The van der Waals surface area contributed by atoms with Crippen molar-refractivity contribution in [1.29, 1.82) is 0 Å².